The fraction of sp³-hybridized carbons (Fsp3) is 0.615. The van der Waals surface area contributed by atoms with Gasteiger partial charge in [0.2, 0.25) is 0 Å². The molecule has 5 heteroatoms. The van der Waals surface area contributed by atoms with Crippen LogP contribution in [0, 0.1) is 0 Å². The number of fused-ring (bicyclic) bond motifs is 1. The molecule has 1 fully saturated rings. The van der Waals surface area contributed by atoms with Crippen LogP contribution in [0.25, 0.3) is 5.65 Å². The summed E-state index contributed by atoms with van der Waals surface area (Å²) < 4.78 is 1.91. The van der Waals surface area contributed by atoms with Gasteiger partial charge >= 0.3 is 0 Å². The van der Waals surface area contributed by atoms with E-state index < -0.39 is 0 Å². The van der Waals surface area contributed by atoms with Crippen molar-refractivity contribution in [1.29, 1.82) is 0 Å². The van der Waals surface area contributed by atoms with E-state index in [-0.39, 0.29) is 5.41 Å². The second kappa shape index (κ2) is 4.65. The lowest BCUT2D eigenvalue weighted by Crippen LogP contribution is -2.44. The van der Waals surface area contributed by atoms with E-state index in [9.17, 15) is 0 Å². The normalized spacial score (nSPS) is 24.5. The molecule has 1 saturated heterocycles. The van der Waals surface area contributed by atoms with Gasteiger partial charge in [0, 0.05) is 18.2 Å². The first-order chi connectivity index (χ1) is 8.86. The second-order valence-corrected chi connectivity index (χ2v) is 5.13. The van der Waals surface area contributed by atoms with Crippen LogP contribution in [0.2, 0.25) is 0 Å². The third-order valence-electron chi connectivity index (χ3n) is 3.85. The molecule has 96 valence electrons. The van der Waals surface area contributed by atoms with E-state index in [2.05, 4.69) is 27.5 Å². The van der Waals surface area contributed by atoms with Crippen molar-refractivity contribution in [3.63, 3.8) is 0 Å². The molecule has 5 nitrogen and oxygen atoms in total. The van der Waals surface area contributed by atoms with Crippen LogP contribution in [-0.4, -0.2) is 32.9 Å². The highest BCUT2D eigenvalue weighted by Crippen LogP contribution is 2.34. The van der Waals surface area contributed by atoms with E-state index in [0.29, 0.717) is 0 Å². The molecule has 18 heavy (non-hydrogen) atoms. The molecule has 3 heterocycles. The number of rotatable bonds is 3. The van der Waals surface area contributed by atoms with Crippen molar-refractivity contribution in [3.05, 3.63) is 24.2 Å². The van der Waals surface area contributed by atoms with Gasteiger partial charge in [-0.1, -0.05) is 13.3 Å². The van der Waals surface area contributed by atoms with Crippen molar-refractivity contribution >= 4 is 5.65 Å². The van der Waals surface area contributed by atoms with Gasteiger partial charge in [-0.25, -0.2) is 0 Å². The van der Waals surface area contributed by atoms with Gasteiger partial charge in [0.25, 0.3) is 0 Å². The zero-order valence-electron chi connectivity index (χ0n) is 10.8. The first-order valence-electron chi connectivity index (χ1n) is 6.73. The van der Waals surface area contributed by atoms with Crippen LogP contribution in [0.4, 0.5) is 0 Å². The first-order valence-corrected chi connectivity index (χ1v) is 6.73. The summed E-state index contributed by atoms with van der Waals surface area (Å²) in [6.07, 6.45) is 6.46. The van der Waals surface area contributed by atoms with Crippen LogP contribution < -0.4 is 5.32 Å². The van der Waals surface area contributed by atoms with Crippen LogP contribution in [0.5, 0.6) is 0 Å². The van der Waals surface area contributed by atoms with Gasteiger partial charge in [0.15, 0.2) is 11.5 Å². The minimum Gasteiger partial charge on any atom is -0.316 e. The van der Waals surface area contributed by atoms with E-state index in [0.717, 1.165) is 37.4 Å². The largest absolute Gasteiger partial charge is 0.316 e. The van der Waals surface area contributed by atoms with Gasteiger partial charge < -0.3 is 5.32 Å². The molecule has 0 bridgehead atoms. The highest BCUT2D eigenvalue weighted by atomic mass is 15.4. The summed E-state index contributed by atoms with van der Waals surface area (Å²) >= 11 is 0. The number of hydrogen-bond donors (Lipinski definition) is 1. The molecular formula is C13H19N5. The standard InChI is InChI=1S/C13H19N5/c1-2-6-13(7-4-8-14-10-13)12-17-16-11-5-3-9-15-18(11)12/h3,5,9,14H,2,4,6-8,10H2,1H3. The number of hydrogen-bond acceptors (Lipinski definition) is 4. The van der Waals surface area contributed by atoms with Crippen LogP contribution in [-0.2, 0) is 5.41 Å². The van der Waals surface area contributed by atoms with E-state index in [4.69, 9.17) is 0 Å². The van der Waals surface area contributed by atoms with Crippen LogP contribution in [0.15, 0.2) is 18.3 Å². The Morgan fingerprint density at radius 3 is 3.17 bits per heavy atom. The molecule has 1 atom stereocenters. The fourth-order valence-electron chi connectivity index (χ4n) is 3.04. The molecular weight excluding hydrogens is 226 g/mol. The molecule has 0 aromatic carbocycles. The van der Waals surface area contributed by atoms with Gasteiger partial charge in [-0.2, -0.15) is 9.61 Å². The summed E-state index contributed by atoms with van der Waals surface area (Å²) in [5.74, 6) is 1.02. The number of aromatic nitrogens is 4. The van der Waals surface area contributed by atoms with Crippen molar-refractivity contribution < 1.29 is 0 Å². The predicted molar refractivity (Wildman–Crippen MR) is 69.5 cm³/mol. The SMILES string of the molecule is CCCC1(c2nnc3cccnn23)CCCNC1. The second-order valence-electron chi connectivity index (χ2n) is 5.13. The summed E-state index contributed by atoms with van der Waals surface area (Å²) in [5, 5.41) is 16.6. The maximum atomic E-state index is 4.42. The molecule has 2 aromatic heterocycles. The maximum Gasteiger partial charge on any atom is 0.177 e. The number of nitrogens with zero attached hydrogens (tertiary/aromatic N) is 4. The fourth-order valence-corrected chi connectivity index (χ4v) is 3.04. The summed E-state index contributed by atoms with van der Waals surface area (Å²) in [6, 6.07) is 3.86. The Balaban J connectivity index is 2.08. The Labute approximate surface area is 107 Å². The molecule has 0 spiro atoms. The lowest BCUT2D eigenvalue weighted by molar-refractivity contribution is 0.271. The Morgan fingerprint density at radius 2 is 2.39 bits per heavy atom. The molecule has 0 radical (unpaired) electrons. The van der Waals surface area contributed by atoms with E-state index in [1.807, 2.05) is 16.6 Å². The summed E-state index contributed by atoms with van der Waals surface area (Å²) in [6.45, 7) is 4.32. The van der Waals surface area contributed by atoms with Crippen molar-refractivity contribution in [3.8, 4) is 0 Å². The van der Waals surface area contributed by atoms with E-state index in [1.165, 1.54) is 12.8 Å². The summed E-state index contributed by atoms with van der Waals surface area (Å²) in [4.78, 5) is 0. The molecule has 1 aliphatic heterocycles. The van der Waals surface area contributed by atoms with Crippen LogP contribution >= 0.6 is 0 Å². The van der Waals surface area contributed by atoms with E-state index >= 15 is 0 Å². The van der Waals surface area contributed by atoms with Crippen molar-refractivity contribution in [1.82, 2.24) is 25.1 Å². The molecule has 0 saturated carbocycles. The van der Waals surface area contributed by atoms with Crippen LogP contribution in [0.3, 0.4) is 0 Å². The molecule has 3 rings (SSSR count). The average Bonchev–Trinajstić information content (AvgIpc) is 2.84. The average molecular weight is 245 g/mol. The van der Waals surface area contributed by atoms with Crippen molar-refractivity contribution in [2.45, 2.75) is 38.0 Å². The van der Waals surface area contributed by atoms with Gasteiger partial charge in [0.05, 0.1) is 0 Å². The van der Waals surface area contributed by atoms with Crippen molar-refractivity contribution in [2.24, 2.45) is 0 Å². The van der Waals surface area contributed by atoms with Gasteiger partial charge in [-0.15, -0.1) is 10.2 Å². The lowest BCUT2D eigenvalue weighted by Gasteiger charge is -2.35. The molecule has 1 aliphatic rings. The van der Waals surface area contributed by atoms with Gasteiger partial charge in [0.1, 0.15) is 0 Å². The molecule has 1 N–H and O–H groups in total. The third kappa shape index (κ3) is 1.79. The zero-order valence-corrected chi connectivity index (χ0v) is 10.8. The topological polar surface area (TPSA) is 55.1 Å². The molecule has 0 amide bonds. The Bertz CT molecular complexity index is 521. The van der Waals surface area contributed by atoms with Gasteiger partial charge in [-0.05, 0) is 37.9 Å². The quantitative estimate of drug-likeness (QED) is 0.891. The smallest absolute Gasteiger partial charge is 0.177 e. The Kier molecular flexibility index (Phi) is 2.99. The predicted octanol–water partition coefficient (Wildman–Crippen LogP) is 1.55. The summed E-state index contributed by atoms with van der Waals surface area (Å²) in [5.41, 5.74) is 0.939. The van der Waals surface area contributed by atoms with Crippen LogP contribution in [0.1, 0.15) is 38.4 Å². The minimum absolute atomic E-state index is 0.0980. The zero-order chi connectivity index (χ0) is 12.4. The monoisotopic (exact) mass is 245 g/mol. The molecule has 0 aliphatic carbocycles. The lowest BCUT2D eigenvalue weighted by atomic mass is 9.76. The molecule has 2 aromatic rings. The van der Waals surface area contributed by atoms with Gasteiger partial charge in [-0.3, -0.25) is 0 Å². The number of nitrogens with one attached hydrogen (secondary N) is 1. The summed E-state index contributed by atoms with van der Waals surface area (Å²) in [7, 11) is 0. The maximum absolute atomic E-state index is 4.42. The highest BCUT2D eigenvalue weighted by molar-refractivity contribution is 5.36. The van der Waals surface area contributed by atoms with Crippen molar-refractivity contribution in [2.75, 3.05) is 13.1 Å². The number of piperidine rings is 1. The minimum atomic E-state index is 0.0980. The Hall–Kier alpha value is -1.49. The highest BCUT2D eigenvalue weighted by Gasteiger charge is 2.37. The Morgan fingerprint density at radius 1 is 1.44 bits per heavy atom. The third-order valence-corrected chi connectivity index (χ3v) is 3.85. The molecule has 1 unspecified atom stereocenters. The first kappa shape index (κ1) is 11.6. The van der Waals surface area contributed by atoms with E-state index in [1.54, 1.807) is 6.20 Å².